The second-order valence-electron chi connectivity index (χ2n) is 4.43. The van der Waals surface area contributed by atoms with Crippen LogP contribution in [-0.2, 0) is 0 Å². The standard InChI is InChI=1S/C16H16N2OS/c1-12-9-13(2)18-16(10-12)20-8-7-19-15-6-4-3-5-14(15)11-17/h3-6,9-10H,7-8H2,1-2H3. The number of aromatic nitrogens is 1. The van der Waals surface area contributed by atoms with Crippen LogP contribution in [0.3, 0.4) is 0 Å². The van der Waals surface area contributed by atoms with Gasteiger partial charge in [0, 0.05) is 11.4 Å². The molecule has 1 aromatic carbocycles. The highest BCUT2D eigenvalue weighted by atomic mass is 32.2. The summed E-state index contributed by atoms with van der Waals surface area (Å²) < 4.78 is 5.64. The highest BCUT2D eigenvalue weighted by molar-refractivity contribution is 7.99. The van der Waals surface area contributed by atoms with Gasteiger partial charge < -0.3 is 4.74 Å². The topological polar surface area (TPSA) is 45.9 Å². The van der Waals surface area contributed by atoms with E-state index in [1.165, 1.54) is 5.56 Å². The van der Waals surface area contributed by atoms with Crippen LogP contribution < -0.4 is 4.74 Å². The van der Waals surface area contributed by atoms with Crippen LogP contribution in [0.25, 0.3) is 0 Å². The van der Waals surface area contributed by atoms with Crippen molar-refractivity contribution in [3.05, 3.63) is 53.2 Å². The Labute approximate surface area is 123 Å². The molecule has 1 heterocycles. The molecule has 0 bridgehead atoms. The number of nitriles is 1. The van der Waals surface area contributed by atoms with Gasteiger partial charge in [-0.25, -0.2) is 4.98 Å². The number of rotatable bonds is 5. The zero-order valence-corrected chi connectivity index (χ0v) is 12.4. The minimum Gasteiger partial charge on any atom is -0.491 e. The van der Waals surface area contributed by atoms with Gasteiger partial charge in [-0.05, 0) is 43.7 Å². The molecule has 3 nitrogen and oxygen atoms in total. The van der Waals surface area contributed by atoms with Crippen LogP contribution in [0.4, 0.5) is 0 Å². The third-order valence-corrected chi connectivity index (χ3v) is 3.55. The van der Waals surface area contributed by atoms with Gasteiger partial charge in [0.15, 0.2) is 0 Å². The van der Waals surface area contributed by atoms with E-state index >= 15 is 0 Å². The average Bonchev–Trinajstić information content (AvgIpc) is 2.43. The van der Waals surface area contributed by atoms with Crippen LogP contribution in [-0.4, -0.2) is 17.3 Å². The summed E-state index contributed by atoms with van der Waals surface area (Å²) in [5.41, 5.74) is 2.82. The quantitative estimate of drug-likeness (QED) is 0.620. The summed E-state index contributed by atoms with van der Waals surface area (Å²) in [5, 5.41) is 9.98. The van der Waals surface area contributed by atoms with Crippen molar-refractivity contribution in [3.63, 3.8) is 0 Å². The average molecular weight is 284 g/mol. The maximum Gasteiger partial charge on any atom is 0.137 e. The molecule has 1 aromatic heterocycles. The molecule has 0 saturated carbocycles. The molecule has 0 aliphatic carbocycles. The number of para-hydroxylation sites is 1. The molecule has 0 spiro atoms. The van der Waals surface area contributed by atoms with Crippen molar-refractivity contribution in [2.45, 2.75) is 18.9 Å². The predicted molar refractivity (Wildman–Crippen MR) is 81.1 cm³/mol. The van der Waals surface area contributed by atoms with Crippen LogP contribution in [0.15, 0.2) is 41.4 Å². The maximum absolute atomic E-state index is 8.97. The Morgan fingerprint density at radius 1 is 1.25 bits per heavy atom. The lowest BCUT2D eigenvalue weighted by atomic mass is 10.2. The molecule has 0 amide bonds. The molecule has 0 unspecified atom stereocenters. The van der Waals surface area contributed by atoms with E-state index in [2.05, 4.69) is 30.1 Å². The molecule has 2 aromatic rings. The van der Waals surface area contributed by atoms with Crippen molar-refractivity contribution in [2.75, 3.05) is 12.4 Å². The smallest absolute Gasteiger partial charge is 0.137 e. The summed E-state index contributed by atoms with van der Waals surface area (Å²) in [6.45, 7) is 4.62. The number of nitrogens with zero attached hydrogens (tertiary/aromatic N) is 2. The second kappa shape index (κ2) is 6.97. The van der Waals surface area contributed by atoms with Crippen LogP contribution >= 0.6 is 11.8 Å². The lowest BCUT2D eigenvalue weighted by Gasteiger charge is -2.07. The van der Waals surface area contributed by atoms with Gasteiger partial charge in [0.1, 0.15) is 11.8 Å². The highest BCUT2D eigenvalue weighted by Crippen LogP contribution is 2.20. The Balaban J connectivity index is 1.86. The van der Waals surface area contributed by atoms with Gasteiger partial charge in [0.25, 0.3) is 0 Å². The lowest BCUT2D eigenvalue weighted by Crippen LogP contribution is -2.02. The van der Waals surface area contributed by atoms with Crippen LogP contribution in [0.2, 0.25) is 0 Å². The number of hydrogen-bond acceptors (Lipinski definition) is 4. The fourth-order valence-corrected chi connectivity index (χ4v) is 2.71. The van der Waals surface area contributed by atoms with Gasteiger partial charge in [0.2, 0.25) is 0 Å². The van der Waals surface area contributed by atoms with Crippen LogP contribution in [0.1, 0.15) is 16.8 Å². The molecule has 0 fully saturated rings. The number of benzene rings is 1. The summed E-state index contributed by atoms with van der Waals surface area (Å²) in [4.78, 5) is 4.47. The minimum absolute atomic E-state index is 0.554. The monoisotopic (exact) mass is 284 g/mol. The summed E-state index contributed by atoms with van der Waals surface area (Å²) in [7, 11) is 0. The maximum atomic E-state index is 8.97. The van der Waals surface area contributed by atoms with E-state index in [0.717, 1.165) is 16.5 Å². The third kappa shape index (κ3) is 4.01. The number of pyridine rings is 1. The van der Waals surface area contributed by atoms with Crippen molar-refractivity contribution < 1.29 is 4.74 Å². The Hall–Kier alpha value is -1.99. The summed E-state index contributed by atoms with van der Waals surface area (Å²) in [6.07, 6.45) is 0. The van der Waals surface area contributed by atoms with Crippen molar-refractivity contribution in [2.24, 2.45) is 0 Å². The largest absolute Gasteiger partial charge is 0.491 e. The van der Waals surface area contributed by atoms with Crippen molar-refractivity contribution >= 4 is 11.8 Å². The fourth-order valence-electron chi connectivity index (χ4n) is 1.86. The fraction of sp³-hybridized carbons (Fsp3) is 0.250. The van der Waals surface area contributed by atoms with E-state index in [0.29, 0.717) is 17.9 Å². The first-order valence-corrected chi connectivity index (χ1v) is 7.37. The molecule has 20 heavy (non-hydrogen) atoms. The molecule has 0 aliphatic rings. The van der Waals surface area contributed by atoms with Gasteiger partial charge >= 0.3 is 0 Å². The van der Waals surface area contributed by atoms with Crippen molar-refractivity contribution in [3.8, 4) is 11.8 Å². The summed E-state index contributed by atoms with van der Waals surface area (Å²) >= 11 is 1.66. The molecule has 0 aliphatic heterocycles. The van der Waals surface area contributed by atoms with Crippen molar-refractivity contribution in [1.82, 2.24) is 4.98 Å². The molecule has 102 valence electrons. The zero-order valence-electron chi connectivity index (χ0n) is 11.6. The minimum atomic E-state index is 0.554. The molecule has 2 rings (SSSR count). The Morgan fingerprint density at radius 3 is 2.80 bits per heavy atom. The SMILES string of the molecule is Cc1cc(C)nc(SCCOc2ccccc2C#N)c1. The first kappa shape index (κ1) is 14.4. The Morgan fingerprint density at radius 2 is 2.05 bits per heavy atom. The lowest BCUT2D eigenvalue weighted by molar-refractivity contribution is 0.343. The molecule has 0 saturated heterocycles. The number of ether oxygens (including phenoxy) is 1. The predicted octanol–water partition coefficient (Wildman–Crippen LogP) is 3.74. The molecule has 0 N–H and O–H groups in total. The van der Waals surface area contributed by atoms with Crippen molar-refractivity contribution in [1.29, 1.82) is 5.26 Å². The molecule has 4 heteroatoms. The zero-order chi connectivity index (χ0) is 14.4. The van der Waals surface area contributed by atoms with Gasteiger partial charge in [0.05, 0.1) is 17.2 Å². The van der Waals surface area contributed by atoms with Gasteiger partial charge in [-0.15, -0.1) is 11.8 Å². The Kier molecular flexibility index (Phi) is 5.03. The summed E-state index contributed by atoms with van der Waals surface area (Å²) in [6, 6.07) is 13.5. The van der Waals surface area contributed by atoms with Crippen LogP contribution in [0.5, 0.6) is 5.75 Å². The van der Waals surface area contributed by atoms with Gasteiger partial charge in [-0.1, -0.05) is 12.1 Å². The van der Waals surface area contributed by atoms with Gasteiger partial charge in [-0.2, -0.15) is 5.26 Å². The molecular weight excluding hydrogens is 268 g/mol. The normalized spacial score (nSPS) is 10.1. The van der Waals surface area contributed by atoms with Crippen LogP contribution in [0, 0.1) is 25.2 Å². The Bertz CT molecular complexity index is 614. The third-order valence-electron chi connectivity index (χ3n) is 2.67. The first-order valence-electron chi connectivity index (χ1n) is 6.39. The van der Waals surface area contributed by atoms with Gasteiger partial charge in [-0.3, -0.25) is 0 Å². The van der Waals surface area contributed by atoms with E-state index in [9.17, 15) is 0 Å². The second-order valence-corrected chi connectivity index (χ2v) is 5.54. The molecule has 0 radical (unpaired) electrons. The summed E-state index contributed by atoms with van der Waals surface area (Å²) in [5.74, 6) is 1.44. The van der Waals surface area contributed by atoms with E-state index in [1.54, 1.807) is 17.8 Å². The molecular formula is C16H16N2OS. The van der Waals surface area contributed by atoms with E-state index < -0.39 is 0 Å². The number of aryl methyl sites for hydroxylation is 2. The van der Waals surface area contributed by atoms with E-state index in [1.807, 2.05) is 25.1 Å². The number of hydrogen-bond donors (Lipinski definition) is 0. The van der Waals surface area contributed by atoms with E-state index in [-0.39, 0.29) is 0 Å². The molecule has 0 atom stereocenters. The first-order chi connectivity index (χ1) is 9.69. The highest BCUT2D eigenvalue weighted by Gasteiger charge is 2.02. The van der Waals surface area contributed by atoms with E-state index in [4.69, 9.17) is 10.00 Å². The number of thioether (sulfide) groups is 1.